The Labute approximate surface area is 156 Å². The summed E-state index contributed by atoms with van der Waals surface area (Å²) in [5.74, 6) is 0.726. The number of carbonyl (C=O) groups is 1. The summed E-state index contributed by atoms with van der Waals surface area (Å²) in [7, 11) is 0. The van der Waals surface area contributed by atoms with Crippen LogP contribution < -0.4 is 4.90 Å². The number of amides is 1. The minimum atomic E-state index is -0.275. The van der Waals surface area contributed by atoms with Gasteiger partial charge in [-0.25, -0.2) is 4.39 Å². The molecule has 0 unspecified atom stereocenters. The third-order valence-corrected chi connectivity index (χ3v) is 5.03. The Morgan fingerprint density at radius 2 is 1.96 bits per heavy atom. The van der Waals surface area contributed by atoms with Crippen molar-refractivity contribution in [3.8, 4) is 11.3 Å². The third-order valence-electron chi connectivity index (χ3n) is 5.03. The lowest BCUT2D eigenvalue weighted by Crippen LogP contribution is -3.13. The number of rotatable bonds is 4. The predicted molar refractivity (Wildman–Crippen MR) is 95.6 cm³/mol. The van der Waals surface area contributed by atoms with Gasteiger partial charge >= 0.3 is 0 Å². The highest BCUT2D eigenvalue weighted by Crippen LogP contribution is 2.25. The number of hydrogen-bond acceptors (Lipinski definition) is 4. The molecule has 1 amide bonds. The van der Waals surface area contributed by atoms with Gasteiger partial charge < -0.3 is 18.7 Å². The largest absolute Gasteiger partial charge is 0.459 e. The molecule has 3 heterocycles. The molecule has 0 spiro atoms. The molecule has 0 bridgehead atoms. The molecule has 0 radical (unpaired) electrons. The van der Waals surface area contributed by atoms with Crippen molar-refractivity contribution >= 4 is 5.91 Å². The monoisotopic (exact) mass is 370 g/mol. The second-order valence-corrected chi connectivity index (χ2v) is 6.79. The number of piperazine rings is 1. The summed E-state index contributed by atoms with van der Waals surface area (Å²) in [6.07, 6.45) is 1.51. The molecule has 1 saturated heterocycles. The zero-order valence-corrected chi connectivity index (χ0v) is 15.1. The molecule has 0 saturated carbocycles. The van der Waals surface area contributed by atoms with E-state index in [4.69, 9.17) is 8.94 Å². The highest BCUT2D eigenvalue weighted by Gasteiger charge is 2.27. The fraction of sp³-hybridized carbons (Fsp3) is 0.300. The molecule has 2 aromatic heterocycles. The first-order chi connectivity index (χ1) is 13.1. The van der Waals surface area contributed by atoms with E-state index in [1.54, 1.807) is 24.3 Å². The minimum Gasteiger partial charge on any atom is -0.459 e. The number of halogens is 1. The Kier molecular flexibility index (Phi) is 4.77. The molecule has 140 valence electrons. The Bertz CT molecular complexity index is 911. The summed E-state index contributed by atoms with van der Waals surface area (Å²) in [6.45, 7) is 5.74. The molecule has 1 aromatic carbocycles. The van der Waals surface area contributed by atoms with Gasteiger partial charge in [0.15, 0.2) is 11.5 Å². The molecule has 6 nitrogen and oxygen atoms in total. The molecular formula is C20H21FN3O3+. The number of carbonyl (C=O) groups excluding carboxylic acids is 1. The lowest BCUT2D eigenvalue weighted by molar-refractivity contribution is -0.918. The van der Waals surface area contributed by atoms with Crippen LogP contribution in [0.3, 0.4) is 0 Å². The molecule has 1 N–H and O–H groups in total. The zero-order chi connectivity index (χ0) is 18.8. The van der Waals surface area contributed by atoms with Crippen LogP contribution in [0.4, 0.5) is 4.39 Å². The second-order valence-electron chi connectivity index (χ2n) is 6.79. The summed E-state index contributed by atoms with van der Waals surface area (Å²) in [6, 6.07) is 9.63. The first-order valence-electron chi connectivity index (χ1n) is 8.99. The molecule has 3 aromatic rings. The fourth-order valence-electron chi connectivity index (χ4n) is 3.40. The van der Waals surface area contributed by atoms with Gasteiger partial charge in [-0.3, -0.25) is 4.79 Å². The van der Waals surface area contributed by atoms with Crippen molar-refractivity contribution in [1.29, 1.82) is 0 Å². The maximum Gasteiger partial charge on any atom is 0.289 e. The summed E-state index contributed by atoms with van der Waals surface area (Å²) in [4.78, 5) is 15.5. The van der Waals surface area contributed by atoms with Crippen LogP contribution in [-0.4, -0.2) is 42.1 Å². The van der Waals surface area contributed by atoms with Crippen LogP contribution in [0.5, 0.6) is 0 Å². The quantitative estimate of drug-likeness (QED) is 0.762. The van der Waals surface area contributed by atoms with Crippen molar-refractivity contribution in [3.05, 3.63) is 65.5 Å². The van der Waals surface area contributed by atoms with Gasteiger partial charge in [-0.05, 0) is 43.3 Å². The second kappa shape index (κ2) is 7.36. The van der Waals surface area contributed by atoms with Crippen molar-refractivity contribution in [2.45, 2.75) is 13.5 Å². The third kappa shape index (κ3) is 3.64. The van der Waals surface area contributed by atoms with E-state index in [0.29, 0.717) is 24.6 Å². The molecule has 0 atom stereocenters. The van der Waals surface area contributed by atoms with E-state index in [2.05, 4.69) is 5.16 Å². The Balaban J connectivity index is 1.38. The van der Waals surface area contributed by atoms with Crippen molar-refractivity contribution in [2.24, 2.45) is 0 Å². The van der Waals surface area contributed by atoms with E-state index < -0.39 is 0 Å². The van der Waals surface area contributed by atoms with E-state index in [1.807, 2.05) is 11.8 Å². The van der Waals surface area contributed by atoms with Crippen molar-refractivity contribution in [3.63, 3.8) is 0 Å². The van der Waals surface area contributed by atoms with Crippen molar-refractivity contribution < 1.29 is 23.0 Å². The van der Waals surface area contributed by atoms with Gasteiger partial charge in [0.2, 0.25) is 0 Å². The molecule has 4 rings (SSSR count). The van der Waals surface area contributed by atoms with E-state index in [1.165, 1.54) is 23.3 Å². The summed E-state index contributed by atoms with van der Waals surface area (Å²) in [5.41, 5.74) is 2.69. The van der Waals surface area contributed by atoms with Gasteiger partial charge in [0.25, 0.3) is 5.91 Å². The number of hydrogen-bond donors (Lipinski definition) is 1. The number of aromatic nitrogens is 1. The highest BCUT2D eigenvalue weighted by molar-refractivity contribution is 5.91. The summed E-state index contributed by atoms with van der Waals surface area (Å²) in [5, 5.41) is 4.22. The first kappa shape index (κ1) is 17.5. The van der Waals surface area contributed by atoms with Crippen LogP contribution in [0.15, 0.2) is 51.6 Å². The Morgan fingerprint density at radius 3 is 2.63 bits per heavy atom. The van der Waals surface area contributed by atoms with E-state index in [9.17, 15) is 9.18 Å². The molecular weight excluding hydrogens is 349 g/mol. The van der Waals surface area contributed by atoms with Crippen molar-refractivity contribution in [2.75, 3.05) is 26.2 Å². The molecule has 1 aliphatic rings. The van der Waals surface area contributed by atoms with E-state index >= 15 is 0 Å². The lowest BCUT2D eigenvalue weighted by Gasteiger charge is -2.31. The fourth-order valence-corrected chi connectivity index (χ4v) is 3.40. The van der Waals surface area contributed by atoms with Gasteiger partial charge in [0, 0.05) is 11.1 Å². The highest BCUT2D eigenvalue weighted by atomic mass is 19.1. The van der Waals surface area contributed by atoms with Gasteiger partial charge in [-0.2, -0.15) is 0 Å². The van der Waals surface area contributed by atoms with Crippen LogP contribution in [-0.2, 0) is 6.54 Å². The number of benzene rings is 1. The minimum absolute atomic E-state index is 0.0599. The van der Waals surface area contributed by atoms with E-state index in [0.717, 1.165) is 36.5 Å². The van der Waals surface area contributed by atoms with Gasteiger partial charge in [-0.1, -0.05) is 5.16 Å². The van der Waals surface area contributed by atoms with Crippen LogP contribution in [0.2, 0.25) is 0 Å². The maximum atomic E-state index is 13.1. The van der Waals surface area contributed by atoms with Gasteiger partial charge in [0.05, 0.1) is 32.4 Å². The summed E-state index contributed by atoms with van der Waals surface area (Å²) < 4.78 is 23.8. The number of quaternary nitrogens is 1. The van der Waals surface area contributed by atoms with Crippen molar-refractivity contribution in [1.82, 2.24) is 10.1 Å². The zero-order valence-electron chi connectivity index (χ0n) is 15.1. The Hall–Kier alpha value is -2.93. The van der Waals surface area contributed by atoms with Crippen LogP contribution >= 0.6 is 0 Å². The molecule has 1 aliphatic heterocycles. The van der Waals surface area contributed by atoms with Crippen LogP contribution in [0, 0.1) is 12.7 Å². The normalized spacial score (nSPS) is 15.3. The lowest BCUT2D eigenvalue weighted by atomic mass is 10.1. The Morgan fingerprint density at radius 1 is 1.22 bits per heavy atom. The molecule has 7 heteroatoms. The molecule has 1 fully saturated rings. The van der Waals surface area contributed by atoms with Crippen LogP contribution in [0.25, 0.3) is 11.3 Å². The standard InChI is InChI=1S/C20H20FN3O3/c1-14-17(22-27-19(14)15-4-6-16(21)7-5-15)13-23-8-10-24(11-9-23)20(25)18-3-2-12-26-18/h2-7,12H,8-11,13H2,1H3/p+1. The molecule has 27 heavy (non-hydrogen) atoms. The number of nitrogens with zero attached hydrogens (tertiary/aromatic N) is 2. The topological polar surface area (TPSA) is 63.9 Å². The predicted octanol–water partition coefficient (Wildman–Crippen LogP) is 1.92. The van der Waals surface area contributed by atoms with Crippen LogP contribution in [0.1, 0.15) is 21.8 Å². The smallest absolute Gasteiger partial charge is 0.289 e. The SMILES string of the molecule is Cc1c(C[NH+]2CCN(C(=O)c3ccco3)CC2)noc1-c1ccc(F)cc1. The average molecular weight is 370 g/mol. The number of nitrogens with one attached hydrogen (secondary N) is 1. The molecule has 0 aliphatic carbocycles. The first-order valence-corrected chi connectivity index (χ1v) is 8.99. The average Bonchev–Trinajstić information content (AvgIpc) is 3.34. The van der Waals surface area contributed by atoms with Gasteiger partial charge in [0.1, 0.15) is 18.1 Å². The van der Waals surface area contributed by atoms with Gasteiger partial charge in [-0.15, -0.1) is 0 Å². The summed E-state index contributed by atoms with van der Waals surface area (Å²) >= 11 is 0. The number of furan rings is 1. The maximum absolute atomic E-state index is 13.1. The van der Waals surface area contributed by atoms with E-state index in [-0.39, 0.29) is 11.7 Å².